The lowest BCUT2D eigenvalue weighted by atomic mass is 10.1. The van der Waals surface area contributed by atoms with Crippen LogP contribution >= 0.6 is 0 Å². The summed E-state index contributed by atoms with van der Waals surface area (Å²) in [6, 6.07) is 12.6. The number of hydrogen-bond donors (Lipinski definition) is 0. The second-order valence-electron chi connectivity index (χ2n) is 6.97. The number of amides is 1. The Bertz CT molecular complexity index is 1270. The molecule has 0 bridgehead atoms. The molecule has 5 rings (SSSR count). The highest BCUT2D eigenvalue weighted by molar-refractivity contribution is 6.05. The number of benzene rings is 1. The first-order valence-electron chi connectivity index (χ1n) is 9.22. The van der Waals surface area contributed by atoms with Gasteiger partial charge < -0.3 is 4.90 Å². The first kappa shape index (κ1) is 16.6. The molecule has 1 aliphatic heterocycles. The van der Waals surface area contributed by atoms with Crippen LogP contribution in [-0.4, -0.2) is 41.7 Å². The molecule has 1 atom stereocenters. The van der Waals surface area contributed by atoms with E-state index in [1.807, 2.05) is 34.9 Å². The zero-order chi connectivity index (χ0) is 19.3. The summed E-state index contributed by atoms with van der Waals surface area (Å²) in [5.74, 6) is 0.553. The summed E-state index contributed by atoms with van der Waals surface area (Å²) >= 11 is 0. The van der Waals surface area contributed by atoms with Gasteiger partial charge in [-0.15, -0.1) is 10.2 Å². The average molecular weight is 374 g/mol. The van der Waals surface area contributed by atoms with Crippen LogP contribution in [0.3, 0.4) is 0 Å². The van der Waals surface area contributed by atoms with Crippen LogP contribution in [0.1, 0.15) is 35.2 Å². The minimum Gasteiger partial charge on any atom is -0.327 e. The van der Waals surface area contributed by atoms with E-state index in [2.05, 4.69) is 15.3 Å². The Hall–Kier alpha value is -3.55. The van der Waals surface area contributed by atoms with Crippen molar-refractivity contribution in [1.82, 2.24) is 29.3 Å². The molecular weight excluding hydrogens is 356 g/mol. The maximum atomic E-state index is 13.5. The average Bonchev–Trinajstić information content (AvgIpc) is 3.37. The van der Waals surface area contributed by atoms with Crippen molar-refractivity contribution in [2.45, 2.75) is 18.9 Å². The van der Waals surface area contributed by atoms with E-state index in [4.69, 9.17) is 0 Å². The van der Waals surface area contributed by atoms with Gasteiger partial charge in [0.15, 0.2) is 17.2 Å². The molecule has 4 heterocycles. The van der Waals surface area contributed by atoms with Crippen molar-refractivity contribution in [3.05, 3.63) is 70.5 Å². The van der Waals surface area contributed by atoms with Crippen LogP contribution in [0, 0.1) is 0 Å². The Labute approximate surface area is 160 Å². The standard InChI is InChI=1S/C20H18N6O2/c1-24-19(27)14-8-3-2-7-13(14)17(23-24)20(28)25-12-6-9-15(25)18-22-21-16-10-4-5-11-26(16)18/h2-5,7-8,10-11,15H,6,9,12H2,1H3/t15-/m0/s1. The maximum absolute atomic E-state index is 13.5. The Morgan fingerprint density at radius 2 is 1.86 bits per heavy atom. The molecule has 8 nitrogen and oxygen atoms in total. The lowest BCUT2D eigenvalue weighted by molar-refractivity contribution is 0.0723. The van der Waals surface area contributed by atoms with E-state index in [1.54, 1.807) is 30.1 Å². The van der Waals surface area contributed by atoms with Crippen molar-refractivity contribution in [2.75, 3.05) is 6.54 Å². The molecule has 1 saturated heterocycles. The summed E-state index contributed by atoms with van der Waals surface area (Å²) in [5, 5.41) is 13.9. The van der Waals surface area contributed by atoms with E-state index in [-0.39, 0.29) is 17.5 Å². The molecule has 0 spiro atoms. The number of aromatic nitrogens is 5. The van der Waals surface area contributed by atoms with Gasteiger partial charge in [0.25, 0.3) is 11.5 Å². The highest BCUT2D eigenvalue weighted by atomic mass is 16.2. The van der Waals surface area contributed by atoms with Crippen LogP contribution in [0.4, 0.5) is 0 Å². The number of likely N-dealkylation sites (tertiary alicyclic amines) is 1. The molecular formula is C20H18N6O2. The quantitative estimate of drug-likeness (QED) is 0.535. The van der Waals surface area contributed by atoms with Crippen molar-refractivity contribution in [1.29, 1.82) is 0 Å². The zero-order valence-electron chi connectivity index (χ0n) is 15.3. The smallest absolute Gasteiger partial charge is 0.275 e. The van der Waals surface area contributed by atoms with Gasteiger partial charge in [-0.05, 0) is 31.0 Å². The topological polar surface area (TPSA) is 85.4 Å². The number of carbonyl (C=O) groups is 1. The second kappa shape index (κ2) is 6.26. The molecule has 1 aliphatic rings. The normalized spacial score (nSPS) is 16.9. The van der Waals surface area contributed by atoms with Gasteiger partial charge in [0.2, 0.25) is 0 Å². The third-order valence-corrected chi connectivity index (χ3v) is 5.31. The molecule has 0 saturated carbocycles. The van der Waals surface area contributed by atoms with Gasteiger partial charge in [-0.2, -0.15) is 5.10 Å². The Morgan fingerprint density at radius 3 is 2.71 bits per heavy atom. The number of hydrogen-bond acceptors (Lipinski definition) is 5. The van der Waals surface area contributed by atoms with Crippen LogP contribution < -0.4 is 5.56 Å². The predicted octanol–water partition coefficient (Wildman–Crippen LogP) is 1.95. The monoisotopic (exact) mass is 374 g/mol. The zero-order valence-corrected chi connectivity index (χ0v) is 15.3. The molecule has 3 aromatic heterocycles. The summed E-state index contributed by atoms with van der Waals surface area (Å²) in [5.41, 5.74) is 0.828. The predicted molar refractivity (Wildman–Crippen MR) is 103 cm³/mol. The van der Waals surface area contributed by atoms with E-state index < -0.39 is 0 Å². The lowest BCUT2D eigenvalue weighted by Gasteiger charge is -2.23. The molecule has 1 amide bonds. The molecule has 4 aromatic rings. The van der Waals surface area contributed by atoms with Crippen LogP contribution in [0.25, 0.3) is 16.4 Å². The van der Waals surface area contributed by atoms with Crippen molar-refractivity contribution >= 4 is 22.3 Å². The first-order chi connectivity index (χ1) is 13.6. The van der Waals surface area contributed by atoms with E-state index in [9.17, 15) is 9.59 Å². The van der Waals surface area contributed by atoms with Crippen molar-refractivity contribution in [3.8, 4) is 0 Å². The third-order valence-electron chi connectivity index (χ3n) is 5.31. The molecule has 1 fully saturated rings. The summed E-state index contributed by atoms with van der Waals surface area (Å²) in [6.07, 6.45) is 3.60. The summed E-state index contributed by atoms with van der Waals surface area (Å²) in [6.45, 7) is 0.615. The Kier molecular flexibility index (Phi) is 3.71. The Morgan fingerprint density at radius 1 is 1.07 bits per heavy atom. The van der Waals surface area contributed by atoms with E-state index >= 15 is 0 Å². The maximum Gasteiger partial charge on any atom is 0.275 e. The van der Waals surface area contributed by atoms with Gasteiger partial charge in [-0.25, -0.2) is 4.68 Å². The number of carbonyl (C=O) groups excluding carboxylic acids is 1. The fourth-order valence-electron chi connectivity index (χ4n) is 3.96. The minimum absolute atomic E-state index is 0.178. The highest BCUT2D eigenvalue weighted by Gasteiger charge is 2.35. The second-order valence-corrected chi connectivity index (χ2v) is 6.97. The number of aryl methyl sites for hydroxylation is 1. The molecule has 0 N–H and O–H groups in total. The molecule has 0 radical (unpaired) electrons. The van der Waals surface area contributed by atoms with Gasteiger partial charge in [-0.1, -0.05) is 24.3 Å². The molecule has 8 heteroatoms. The summed E-state index contributed by atoms with van der Waals surface area (Å²) in [4.78, 5) is 27.6. The van der Waals surface area contributed by atoms with E-state index in [0.717, 1.165) is 24.3 Å². The van der Waals surface area contributed by atoms with Crippen molar-refractivity contribution in [2.24, 2.45) is 7.05 Å². The summed E-state index contributed by atoms with van der Waals surface area (Å²) in [7, 11) is 1.57. The molecule has 0 aliphatic carbocycles. The first-order valence-corrected chi connectivity index (χ1v) is 9.22. The molecule has 1 aromatic carbocycles. The van der Waals surface area contributed by atoms with Gasteiger partial charge in [0.05, 0.1) is 11.4 Å². The summed E-state index contributed by atoms with van der Waals surface area (Å²) < 4.78 is 3.15. The van der Waals surface area contributed by atoms with Crippen molar-refractivity contribution in [3.63, 3.8) is 0 Å². The number of fused-ring (bicyclic) bond motifs is 2. The number of rotatable bonds is 2. The SMILES string of the molecule is Cn1nc(C(=O)N2CCC[C@H]2c2nnc3ccccn23)c2ccccc2c1=O. The molecule has 140 valence electrons. The van der Waals surface area contributed by atoms with Crippen molar-refractivity contribution < 1.29 is 4.79 Å². The fourth-order valence-corrected chi connectivity index (χ4v) is 3.96. The van der Waals surface area contributed by atoms with Gasteiger partial charge >= 0.3 is 0 Å². The third kappa shape index (κ3) is 2.41. The van der Waals surface area contributed by atoms with Crippen LogP contribution in [0.5, 0.6) is 0 Å². The van der Waals surface area contributed by atoms with Crippen LogP contribution in [-0.2, 0) is 7.05 Å². The Balaban J connectivity index is 1.61. The lowest BCUT2D eigenvalue weighted by Crippen LogP contribution is -2.34. The molecule has 28 heavy (non-hydrogen) atoms. The highest BCUT2D eigenvalue weighted by Crippen LogP contribution is 2.32. The minimum atomic E-state index is -0.214. The van der Waals surface area contributed by atoms with Crippen LogP contribution in [0.2, 0.25) is 0 Å². The molecule has 0 unspecified atom stereocenters. The largest absolute Gasteiger partial charge is 0.327 e. The van der Waals surface area contributed by atoms with Gasteiger partial charge in [0, 0.05) is 25.2 Å². The van der Waals surface area contributed by atoms with Gasteiger partial charge in [-0.3, -0.25) is 14.0 Å². The van der Waals surface area contributed by atoms with Crippen LogP contribution in [0.15, 0.2) is 53.5 Å². The fraction of sp³-hybridized carbons (Fsp3) is 0.250. The van der Waals surface area contributed by atoms with E-state index in [0.29, 0.717) is 23.0 Å². The van der Waals surface area contributed by atoms with Gasteiger partial charge in [0.1, 0.15) is 0 Å². The van der Waals surface area contributed by atoms with E-state index in [1.165, 1.54) is 4.68 Å². The number of pyridine rings is 1. The number of nitrogens with zero attached hydrogens (tertiary/aromatic N) is 6.